The van der Waals surface area contributed by atoms with Crippen molar-refractivity contribution in [1.82, 2.24) is 5.09 Å². The third-order valence-corrected chi connectivity index (χ3v) is 5.48. The maximum Gasteiger partial charge on any atom is 0.323 e. The molecule has 136 valence electrons. The van der Waals surface area contributed by atoms with Crippen molar-refractivity contribution in [2.24, 2.45) is 5.41 Å². The van der Waals surface area contributed by atoms with Gasteiger partial charge < -0.3 is 9.26 Å². The molecule has 4 nitrogen and oxygen atoms in total. The van der Waals surface area contributed by atoms with Crippen molar-refractivity contribution in [1.29, 1.82) is 0 Å². The number of carbonyl (C=O) groups excluding carboxylic acids is 1. The molecule has 1 N–H and O–H groups in total. The van der Waals surface area contributed by atoms with E-state index in [0.29, 0.717) is 12.4 Å². The third kappa shape index (κ3) is 6.27. The van der Waals surface area contributed by atoms with Gasteiger partial charge in [-0.15, -0.1) is 0 Å². The van der Waals surface area contributed by atoms with Crippen LogP contribution in [0.15, 0.2) is 42.5 Å². The Kier molecular flexibility index (Phi) is 6.50. The number of fused-ring (bicyclic) bond motifs is 1. The molecule has 0 fully saturated rings. The lowest BCUT2D eigenvalue weighted by molar-refractivity contribution is -0.147. The maximum absolute atomic E-state index is 12.1. The molecule has 2 aromatic carbocycles. The summed E-state index contributed by atoms with van der Waals surface area (Å²) < 4.78 is 11.1. The van der Waals surface area contributed by atoms with Gasteiger partial charge >= 0.3 is 5.97 Å². The molecule has 0 heterocycles. The zero-order chi connectivity index (χ0) is 18.7. The van der Waals surface area contributed by atoms with E-state index in [1.807, 2.05) is 63.2 Å². The molecule has 0 amide bonds. The summed E-state index contributed by atoms with van der Waals surface area (Å²) in [6.45, 7) is 7.98. The van der Waals surface area contributed by atoms with E-state index < -0.39 is 17.8 Å². The minimum absolute atomic E-state index is 0.101. The van der Waals surface area contributed by atoms with Crippen molar-refractivity contribution < 1.29 is 14.1 Å². The van der Waals surface area contributed by atoms with Crippen LogP contribution in [0.4, 0.5) is 0 Å². The summed E-state index contributed by atoms with van der Waals surface area (Å²) >= 11 is 11.8. The quantitative estimate of drug-likeness (QED) is 0.531. The number of ether oxygens (including phenoxy) is 1. The molecular formula is C18H23ClNO3PS. The topological polar surface area (TPSA) is 47.6 Å². The van der Waals surface area contributed by atoms with Gasteiger partial charge in [0.05, 0.1) is 6.61 Å². The van der Waals surface area contributed by atoms with Crippen molar-refractivity contribution in [3.05, 3.63) is 42.5 Å². The Hall–Kier alpha value is -1.13. The van der Waals surface area contributed by atoms with Gasteiger partial charge in [0.2, 0.25) is 0 Å². The average Bonchev–Trinajstić information content (AvgIpc) is 2.51. The van der Waals surface area contributed by atoms with E-state index in [0.717, 1.165) is 10.8 Å². The minimum Gasteiger partial charge on any atom is -0.464 e. The summed E-state index contributed by atoms with van der Waals surface area (Å²) in [6, 6.07) is 12.8. The van der Waals surface area contributed by atoms with Crippen molar-refractivity contribution in [3.8, 4) is 5.75 Å². The molecule has 0 aromatic heterocycles. The molecule has 7 heteroatoms. The fourth-order valence-electron chi connectivity index (χ4n) is 2.12. The van der Waals surface area contributed by atoms with Crippen LogP contribution in [0.3, 0.4) is 0 Å². The first-order chi connectivity index (χ1) is 11.6. The molecule has 0 saturated carbocycles. The molecule has 1 unspecified atom stereocenters. The van der Waals surface area contributed by atoms with Crippen molar-refractivity contribution in [2.75, 3.05) is 6.61 Å². The third-order valence-electron chi connectivity index (χ3n) is 3.31. The first-order valence-corrected chi connectivity index (χ1v) is 11.6. The lowest BCUT2D eigenvalue weighted by atomic mass is 9.99. The second-order valence-electron chi connectivity index (χ2n) is 7.07. The summed E-state index contributed by atoms with van der Waals surface area (Å²) in [4.78, 5) is 12.1. The summed E-state index contributed by atoms with van der Waals surface area (Å²) in [7, 11) is 0. The van der Waals surface area contributed by atoms with E-state index >= 15 is 0 Å². The van der Waals surface area contributed by atoms with Gasteiger partial charge in [0, 0.05) is 5.39 Å². The summed E-state index contributed by atoms with van der Waals surface area (Å²) in [6.07, 6.45) is 0. The predicted molar refractivity (Wildman–Crippen MR) is 108 cm³/mol. The highest BCUT2D eigenvalue weighted by molar-refractivity contribution is 8.23. The van der Waals surface area contributed by atoms with E-state index in [1.54, 1.807) is 6.92 Å². The molecule has 0 aliphatic carbocycles. The van der Waals surface area contributed by atoms with Gasteiger partial charge in [-0.3, -0.25) is 4.79 Å². The van der Waals surface area contributed by atoms with E-state index in [-0.39, 0.29) is 5.41 Å². The Morgan fingerprint density at radius 3 is 2.56 bits per heavy atom. The molecule has 2 atom stereocenters. The van der Waals surface area contributed by atoms with Gasteiger partial charge in [0.1, 0.15) is 11.8 Å². The first kappa shape index (κ1) is 20.2. The number of hydrogen-bond donors (Lipinski definition) is 1. The molecule has 0 bridgehead atoms. The van der Waals surface area contributed by atoms with Gasteiger partial charge in [-0.05, 0) is 46.8 Å². The fourth-order valence-corrected chi connectivity index (χ4v) is 4.54. The molecule has 25 heavy (non-hydrogen) atoms. The van der Waals surface area contributed by atoms with Crippen molar-refractivity contribution in [2.45, 2.75) is 33.7 Å². The number of nitrogens with one attached hydrogen (secondary N) is 1. The highest BCUT2D eigenvalue weighted by Crippen LogP contribution is 2.50. The maximum atomic E-state index is 12.1. The van der Waals surface area contributed by atoms with Gasteiger partial charge in [0.15, 0.2) is 0 Å². The van der Waals surface area contributed by atoms with Crippen LogP contribution in [-0.2, 0) is 21.3 Å². The van der Waals surface area contributed by atoms with E-state index in [4.69, 9.17) is 32.3 Å². The number of esters is 1. The second kappa shape index (κ2) is 8.05. The average molecular weight is 400 g/mol. The van der Waals surface area contributed by atoms with Crippen LogP contribution in [0.25, 0.3) is 10.8 Å². The first-order valence-electron chi connectivity index (χ1n) is 7.99. The number of hydrogen-bond acceptors (Lipinski definition) is 4. The Bertz CT molecular complexity index is 801. The Morgan fingerprint density at radius 1 is 1.24 bits per heavy atom. The van der Waals surface area contributed by atoms with Crippen LogP contribution in [0.1, 0.15) is 27.7 Å². The van der Waals surface area contributed by atoms with Crippen LogP contribution < -0.4 is 9.61 Å². The number of benzene rings is 2. The van der Waals surface area contributed by atoms with Crippen LogP contribution in [0.5, 0.6) is 5.75 Å². The summed E-state index contributed by atoms with van der Waals surface area (Å²) in [5, 5.41) is 4.85. The molecule has 2 rings (SSSR count). The van der Waals surface area contributed by atoms with Crippen molar-refractivity contribution >= 4 is 45.6 Å². The molecule has 0 radical (unpaired) electrons. The van der Waals surface area contributed by atoms with Crippen LogP contribution in [0, 0.1) is 5.41 Å². The molecule has 0 aliphatic heterocycles. The Balaban J connectivity index is 2.06. The van der Waals surface area contributed by atoms with Crippen LogP contribution >= 0.6 is 17.0 Å². The zero-order valence-corrected chi connectivity index (χ0v) is 17.3. The van der Waals surface area contributed by atoms with Crippen molar-refractivity contribution in [3.63, 3.8) is 0 Å². The van der Waals surface area contributed by atoms with Gasteiger partial charge in [0.25, 0.3) is 5.77 Å². The van der Waals surface area contributed by atoms with Crippen LogP contribution in [0.2, 0.25) is 0 Å². The summed E-state index contributed by atoms with van der Waals surface area (Å²) in [5.74, 6) is -2.74. The smallest absolute Gasteiger partial charge is 0.323 e. The SMILES string of the molecule is C[C@H](NP(=S)(Cl)Oc1cccc2ccccc12)C(=O)OCC(C)(C)C. The molecular weight excluding hydrogens is 377 g/mol. The largest absolute Gasteiger partial charge is 0.464 e. The number of halogens is 1. The fraction of sp³-hybridized carbons (Fsp3) is 0.389. The Labute approximate surface area is 158 Å². The summed E-state index contributed by atoms with van der Waals surface area (Å²) in [5.41, 5.74) is -0.101. The van der Waals surface area contributed by atoms with Crippen LogP contribution in [-0.4, -0.2) is 18.6 Å². The standard InChI is InChI=1S/C18H23ClNO3PS/c1-13(17(21)22-12-18(2,3)4)20-24(19,25)23-16-11-7-9-14-8-5-6-10-15(14)16/h5-11,13H,12H2,1-4H3,(H,20,25)/t13-,24?/m0/s1. The van der Waals surface area contributed by atoms with Gasteiger partial charge in [-0.1, -0.05) is 57.2 Å². The van der Waals surface area contributed by atoms with E-state index in [2.05, 4.69) is 5.09 Å². The minimum atomic E-state index is -2.94. The van der Waals surface area contributed by atoms with E-state index in [9.17, 15) is 4.79 Å². The highest BCUT2D eigenvalue weighted by Gasteiger charge is 2.26. The molecule has 2 aromatic rings. The lowest BCUT2D eigenvalue weighted by Gasteiger charge is -2.23. The normalized spacial score (nSPS) is 15.4. The number of carbonyl (C=O) groups is 1. The Morgan fingerprint density at radius 2 is 1.88 bits per heavy atom. The van der Waals surface area contributed by atoms with Gasteiger partial charge in [-0.2, -0.15) is 0 Å². The zero-order valence-electron chi connectivity index (χ0n) is 14.8. The number of rotatable bonds is 6. The predicted octanol–water partition coefficient (Wildman–Crippen LogP) is 5.25. The second-order valence-corrected chi connectivity index (χ2v) is 12.0. The molecule has 0 aliphatic rings. The van der Waals surface area contributed by atoms with Gasteiger partial charge in [-0.25, -0.2) is 5.09 Å². The molecule has 0 saturated heterocycles. The monoisotopic (exact) mass is 399 g/mol. The highest BCUT2D eigenvalue weighted by atomic mass is 35.7. The van der Waals surface area contributed by atoms with E-state index in [1.165, 1.54) is 0 Å². The molecule has 0 spiro atoms. The lowest BCUT2D eigenvalue weighted by Crippen LogP contribution is -2.34.